The number of aliphatic imine (C=N–C) groups is 1. The Morgan fingerprint density at radius 3 is 2.57 bits per heavy atom. The molecular weight excluding hydrogens is 513 g/mol. The number of halogens is 1. The number of nitrogens with one attached hydrogen (secondary N) is 3. The number of nitrogens with zero attached hydrogens (tertiary/aromatic N) is 2. The van der Waals surface area contributed by atoms with Crippen molar-refractivity contribution in [3.8, 4) is 0 Å². The third kappa shape index (κ3) is 10.4. The molecule has 0 radical (unpaired) electrons. The van der Waals surface area contributed by atoms with Crippen LogP contribution in [0.5, 0.6) is 0 Å². The summed E-state index contributed by atoms with van der Waals surface area (Å²) in [5, 5.41) is 6.69. The molecule has 0 atom stereocenters. The van der Waals surface area contributed by atoms with Gasteiger partial charge in [0.25, 0.3) is 0 Å². The molecule has 9 heteroatoms. The monoisotopic (exact) mass is 551 g/mol. The van der Waals surface area contributed by atoms with Crippen molar-refractivity contribution >= 4 is 40.0 Å². The molecule has 0 aliphatic carbocycles. The van der Waals surface area contributed by atoms with Gasteiger partial charge in [-0.2, -0.15) is 0 Å². The van der Waals surface area contributed by atoms with Crippen molar-refractivity contribution in [2.45, 2.75) is 45.4 Å². The van der Waals surface area contributed by atoms with Gasteiger partial charge in [0, 0.05) is 13.1 Å². The molecule has 0 aromatic heterocycles. The maximum Gasteiger partial charge on any atom is 0.215 e. The van der Waals surface area contributed by atoms with Crippen molar-refractivity contribution in [1.29, 1.82) is 0 Å². The molecule has 1 aromatic rings. The highest BCUT2D eigenvalue weighted by atomic mass is 127. The fourth-order valence-electron chi connectivity index (χ4n) is 3.42. The molecule has 0 amide bonds. The number of hydrogen-bond acceptors (Lipinski definition) is 4. The summed E-state index contributed by atoms with van der Waals surface area (Å²) in [5.41, 5.74) is 1.76. The molecule has 3 N–H and O–H groups in total. The van der Waals surface area contributed by atoms with E-state index in [1.807, 2.05) is 24.3 Å². The number of benzene rings is 1. The Kier molecular flexibility index (Phi) is 12.8. The molecule has 7 nitrogen and oxygen atoms in total. The summed E-state index contributed by atoms with van der Waals surface area (Å²) in [4.78, 5) is 7.20. The second-order valence-corrected chi connectivity index (χ2v) is 9.71. The molecule has 1 saturated heterocycles. The van der Waals surface area contributed by atoms with Crippen LogP contribution in [0.25, 0.3) is 0 Å². The lowest BCUT2D eigenvalue weighted by Crippen LogP contribution is -2.39. The SMILES string of the molecule is CCNC(=NCc1cccc(CS(=O)(=O)NC)c1)NCCCN1CCC(C)CC1.I. The molecule has 172 valence electrons. The van der Waals surface area contributed by atoms with Crippen molar-refractivity contribution in [1.82, 2.24) is 20.3 Å². The number of hydrogen-bond donors (Lipinski definition) is 3. The molecule has 0 saturated carbocycles. The summed E-state index contributed by atoms with van der Waals surface area (Å²) < 4.78 is 25.8. The molecule has 0 bridgehead atoms. The van der Waals surface area contributed by atoms with Gasteiger partial charge < -0.3 is 15.5 Å². The van der Waals surface area contributed by atoms with Crippen LogP contribution < -0.4 is 15.4 Å². The van der Waals surface area contributed by atoms with Crippen LogP contribution in [0, 0.1) is 5.92 Å². The van der Waals surface area contributed by atoms with E-state index in [4.69, 9.17) is 0 Å². The van der Waals surface area contributed by atoms with Crippen LogP contribution in [0.15, 0.2) is 29.3 Å². The standard InChI is InChI=1S/C21H37N5O2S.HI/c1-4-23-21(24-11-6-12-26-13-9-18(2)10-14-26)25-16-19-7-5-8-20(15-19)17-29(27,28)22-3;/h5,7-8,15,18,22H,4,6,9-14,16-17H2,1-3H3,(H2,23,24,25);1H. The molecule has 30 heavy (non-hydrogen) atoms. The number of rotatable bonds is 10. The van der Waals surface area contributed by atoms with Gasteiger partial charge in [0.1, 0.15) is 0 Å². The van der Waals surface area contributed by atoms with E-state index in [0.29, 0.717) is 6.54 Å². The van der Waals surface area contributed by atoms with Gasteiger partial charge in [-0.25, -0.2) is 18.1 Å². The Morgan fingerprint density at radius 1 is 1.20 bits per heavy atom. The third-order valence-corrected chi connectivity index (χ3v) is 6.58. The molecule has 1 aliphatic heterocycles. The minimum Gasteiger partial charge on any atom is -0.357 e. The van der Waals surface area contributed by atoms with Crippen LogP contribution in [0.3, 0.4) is 0 Å². The first-order chi connectivity index (χ1) is 13.9. The quantitative estimate of drug-likeness (QED) is 0.180. The summed E-state index contributed by atoms with van der Waals surface area (Å²) in [7, 11) is -1.84. The molecule has 0 spiro atoms. The average molecular weight is 552 g/mol. The van der Waals surface area contributed by atoms with Crippen LogP contribution in [-0.4, -0.2) is 59.0 Å². The molecule has 1 aliphatic rings. The van der Waals surface area contributed by atoms with Gasteiger partial charge in [-0.3, -0.25) is 0 Å². The Bertz CT molecular complexity index is 750. The molecule has 1 heterocycles. The van der Waals surface area contributed by atoms with E-state index >= 15 is 0 Å². The average Bonchev–Trinajstić information content (AvgIpc) is 2.70. The molecular formula is C21H38IN5O2S. The predicted molar refractivity (Wildman–Crippen MR) is 136 cm³/mol. The maximum absolute atomic E-state index is 11.7. The minimum absolute atomic E-state index is 0. The van der Waals surface area contributed by atoms with Crippen LogP contribution in [0.4, 0.5) is 0 Å². The first-order valence-electron chi connectivity index (χ1n) is 10.7. The first kappa shape index (κ1) is 27.1. The lowest BCUT2D eigenvalue weighted by atomic mass is 9.99. The molecule has 1 aromatic carbocycles. The first-order valence-corrected chi connectivity index (χ1v) is 12.3. The second-order valence-electron chi connectivity index (χ2n) is 7.78. The van der Waals surface area contributed by atoms with Gasteiger partial charge in [0.05, 0.1) is 12.3 Å². The summed E-state index contributed by atoms with van der Waals surface area (Å²) in [5.74, 6) is 1.65. The fraction of sp³-hybridized carbons (Fsp3) is 0.667. The minimum atomic E-state index is -3.27. The lowest BCUT2D eigenvalue weighted by Gasteiger charge is -2.30. The second kappa shape index (κ2) is 14.2. The normalized spacial score (nSPS) is 16.2. The lowest BCUT2D eigenvalue weighted by molar-refractivity contribution is 0.191. The van der Waals surface area contributed by atoms with Gasteiger partial charge in [-0.05, 0) is 69.9 Å². The van der Waals surface area contributed by atoms with Crippen LogP contribution in [0.1, 0.15) is 44.2 Å². The van der Waals surface area contributed by atoms with Gasteiger partial charge in [0.15, 0.2) is 5.96 Å². The highest BCUT2D eigenvalue weighted by molar-refractivity contribution is 14.0. The van der Waals surface area contributed by atoms with Gasteiger partial charge in [-0.1, -0.05) is 31.2 Å². The van der Waals surface area contributed by atoms with Crippen molar-refractivity contribution < 1.29 is 8.42 Å². The summed E-state index contributed by atoms with van der Waals surface area (Å²) in [6.07, 6.45) is 3.72. The van der Waals surface area contributed by atoms with E-state index in [2.05, 4.69) is 39.1 Å². The molecule has 0 unspecified atom stereocenters. The number of piperidine rings is 1. The number of likely N-dealkylation sites (tertiary alicyclic amines) is 1. The van der Waals surface area contributed by atoms with Gasteiger partial charge in [-0.15, -0.1) is 24.0 Å². The van der Waals surface area contributed by atoms with E-state index in [0.717, 1.165) is 49.1 Å². The van der Waals surface area contributed by atoms with E-state index in [1.165, 1.54) is 33.0 Å². The van der Waals surface area contributed by atoms with Crippen molar-refractivity contribution in [3.63, 3.8) is 0 Å². The topological polar surface area (TPSA) is 85.8 Å². The van der Waals surface area contributed by atoms with Crippen molar-refractivity contribution in [2.24, 2.45) is 10.9 Å². The Hall–Kier alpha value is -0.910. The summed E-state index contributed by atoms with van der Waals surface area (Å²) >= 11 is 0. The van der Waals surface area contributed by atoms with Crippen LogP contribution in [-0.2, 0) is 22.3 Å². The summed E-state index contributed by atoms with van der Waals surface area (Å²) in [6.45, 7) is 10.1. The Balaban J connectivity index is 0.00000450. The Morgan fingerprint density at radius 2 is 1.90 bits per heavy atom. The largest absolute Gasteiger partial charge is 0.357 e. The number of guanidine groups is 1. The van der Waals surface area contributed by atoms with Crippen LogP contribution >= 0.6 is 24.0 Å². The zero-order chi connectivity index (χ0) is 21.1. The summed E-state index contributed by atoms with van der Waals surface area (Å²) in [6, 6.07) is 7.58. The fourth-order valence-corrected chi connectivity index (χ4v) is 4.18. The zero-order valence-corrected chi connectivity index (χ0v) is 21.6. The molecule has 1 fully saturated rings. The highest BCUT2D eigenvalue weighted by Crippen LogP contribution is 2.15. The van der Waals surface area contributed by atoms with Crippen molar-refractivity contribution in [3.05, 3.63) is 35.4 Å². The van der Waals surface area contributed by atoms with E-state index < -0.39 is 10.0 Å². The van der Waals surface area contributed by atoms with E-state index in [1.54, 1.807) is 0 Å². The third-order valence-electron chi connectivity index (χ3n) is 5.24. The van der Waals surface area contributed by atoms with E-state index in [9.17, 15) is 8.42 Å². The Labute approximate surface area is 199 Å². The van der Waals surface area contributed by atoms with E-state index in [-0.39, 0.29) is 29.7 Å². The highest BCUT2D eigenvalue weighted by Gasteiger charge is 2.14. The predicted octanol–water partition coefficient (Wildman–Crippen LogP) is 2.53. The van der Waals surface area contributed by atoms with Crippen LogP contribution in [0.2, 0.25) is 0 Å². The van der Waals surface area contributed by atoms with Gasteiger partial charge in [0.2, 0.25) is 10.0 Å². The smallest absolute Gasteiger partial charge is 0.215 e. The van der Waals surface area contributed by atoms with Gasteiger partial charge >= 0.3 is 0 Å². The number of sulfonamides is 1. The van der Waals surface area contributed by atoms with Crippen molar-refractivity contribution in [2.75, 3.05) is 39.8 Å². The maximum atomic E-state index is 11.7. The zero-order valence-electron chi connectivity index (χ0n) is 18.5. The molecule has 2 rings (SSSR count).